The normalized spacial score (nSPS) is 14.8. The lowest BCUT2D eigenvalue weighted by Gasteiger charge is -2.14. The molecule has 108 valence electrons. The predicted molar refractivity (Wildman–Crippen MR) is 86.5 cm³/mol. The highest BCUT2D eigenvalue weighted by atomic mass is 16.1. The molecule has 0 bridgehead atoms. The Hall–Kier alpha value is -2.13. The zero-order chi connectivity index (χ0) is 14.5. The lowest BCUT2D eigenvalue weighted by atomic mass is 10.1. The first-order valence-electron chi connectivity index (χ1n) is 7.48. The second kappa shape index (κ2) is 6.55. The van der Waals surface area contributed by atoms with Crippen LogP contribution in [-0.2, 0) is 0 Å². The molecule has 2 aromatic rings. The molecular formula is C18H20N2O. The van der Waals surface area contributed by atoms with Gasteiger partial charge in [-0.15, -0.1) is 0 Å². The fourth-order valence-corrected chi connectivity index (χ4v) is 2.67. The van der Waals surface area contributed by atoms with E-state index >= 15 is 0 Å². The minimum atomic E-state index is 0.00953. The van der Waals surface area contributed by atoms with Crippen molar-refractivity contribution in [2.24, 2.45) is 0 Å². The maximum Gasteiger partial charge on any atom is 0.251 e. The van der Waals surface area contributed by atoms with Gasteiger partial charge in [-0.05, 0) is 42.3 Å². The lowest BCUT2D eigenvalue weighted by molar-refractivity contribution is 0.0954. The summed E-state index contributed by atoms with van der Waals surface area (Å²) in [6, 6.07) is 13.9. The maximum atomic E-state index is 12.2. The summed E-state index contributed by atoms with van der Waals surface area (Å²) in [5, 5.41) is 8.57. The number of rotatable bonds is 4. The number of carbonyl (C=O) groups is 1. The van der Waals surface area contributed by atoms with Crippen LogP contribution in [0.5, 0.6) is 0 Å². The third kappa shape index (κ3) is 3.50. The Morgan fingerprint density at radius 3 is 2.81 bits per heavy atom. The minimum absolute atomic E-state index is 0.00953. The molecule has 0 atom stereocenters. The molecule has 1 amide bonds. The zero-order valence-corrected chi connectivity index (χ0v) is 12.1. The molecule has 2 aromatic carbocycles. The molecule has 0 fully saturated rings. The van der Waals surface area contributed by atoms with E-state index in [0.29, 0.717) is 6.54 Å². The Kier molecular flexibility index (Phi) is 4.31. The van der Waals surface area contributed by atoms with Crippen LogP contribution in [0.25, 0.3) is 10.8 Å². The van der Waals surface area contributed by atoms with E-state index in [9.17, 15) is 4.79 Å². The first kappa shape index (κ1) is 13.8. The van der Waals surface area contributed by atoms with Crippen molar-refractivity contribution in [1.82, 2.24) is 10.6 Å². The van der Waals surface area contributed by atoms with Crippen molar-refractivity contribution in [3.05, 3.63) is 59.7 Å². The van der Waals surface area contributed by atoms with Crippen LogP contribution in [0.4, 0.5) is 0 Å². The zero-order valence-electron chi connectivity index (χ0n) is 12.1. The van der Waals surface area contributed by atoms with E-state index in [-0.39, 0.29) is 5.91 Å². The number of hydrogen-bond acceptors (Lipinski definition) is 2. The number of benzene rings is 2. The maximum absolute atomic E-state index is 12.2. The van der Waals surface area contributed by atoms with Gasteiger partial charge in [-0.3, -0.25) is 4.79 Å². The summed E-state index contributed by atoms with van der Waals surface area (Å²) < 4.78 is 0. The first-order valence-corrected chi connectivity index (χ1v) is 7.48. The van der Waals surface area contributed by atoms with Gasteiger partial charge in [0.05, 0.1) is 0 Å². The van der Waals surface area contributed by atoms with Crippen LogP contribution < -0.4 is 10.6 Å². The third-order valence-corrected chi connectivity index (χ3v) is 3.90. The third-order valence-electron chi connectivity index (χ3n) is 3.90. The van der Waals surface area contributed by atoms with Crippen LogP contribution >= 0.6 is 0 Å². The average Bonchev–Trinajstić information content (AvgIpc) is 2.55. The van der Waals surface area contributed by atoms with Gasteiger partial charge in [0.25, 0.3) is 5.91 Å². The molecule has 21 heavy (non-hydrogen) atoms. The van der Waals surface area contributed by atoms with Crippen molar-refractivity contribution < 1.29 is 4.79 Å². The van der Waals surface area contributed by atoms with E-state index < -0.39 is 0 Å². The Balaban J connectivity index is 1.60. The van der Waals surface area contributed by atoms with E-state index in [1.54, 1.807) is 0 Å². The fourth-order valence-electron chi connectivity index (χ4n) is 2.67. The average molecular weight is 280 g/mol. The molecule has 0 aliphatic carbocycles. The van der Waals surface area contributed by atoms with E-state index in [1.807, 2.05) is 36.4 Å². The molecule has 1 aliphatic rings. The molecule has 0 radical (unpaired) electrons. The van der Waals surface area contributed by atoms with Crippen LogP contribution in [-0.4, -0.2) is 25.5 Å². The molecule has 0 saturated heterocycles. The van der Waals surface area contributed by atoms with E-state index in [4.69, 9.17) is 0 Å². The minimum Gasteiger partial charge on any atom is -0.352 e. The number of carbonyl (C=O) groups excluding carboxylic acids is 1. The molecule has 0 aromatic heterocycles. The second-order valence-electron chi connectivity index (χ2n) is 5.38. The number of amides is 1. The van der Waals surface area contributed by atoms with Gasteiger partial charge in [-0.2, -0.15) is 0 Å². The van der Waals surface area contributed by atoms with Crippen molar-refractivity contribution in [3.8, 4) is 0 Å². The Morgan fingerprint density at radius 1 is 1.14 bits per heavy atom. The highest BCUT2D eigenvalue weighted by molar-refractivity contribution is 5.98. The highest BCUT2D eigenvalue weighted by Gasteiger charge is 2.07. The largest absolute Gasteiger partial charge is 0.352 e. The summed E-state index contributed by atoms with van der Waals surface area (Å²) in [6.07, 6.45) is 4.26. The summed E-state index contributed by atoms with van der Waals surface area (Å²) in [7, 11) is 0. The Morgan fingerprint density at radius 2 is 2.00 bits per heavy atom. The summed E-state index contributed by atoms with van der Waals surface area (Å²) in [4.78, 5) is 12.2. The van der Waals surface area contributed by atoms with Crippen LogP contribution in [0.3, 0.4) is 0 Å². The SMILES string of the molecule is O=C(NCCC1=CCNCC1)c1ccc2ccccc2c1. The molecule has 0 saturated carbocycles. The summed E-state index contributed by atoms with van der Waals surface area (Å²) in [5.41, 5.74) is 2.17. The molecule has 0 spiro atoms. The van der Waals surface area contributed by atoms with Gasteiger partial charge in [0.15, 0.2) is 0 Å². The van der Waals surface area contributed by atoms with Gasteiger partial charge in [-0.1, -0.05) is 42.0 Å². The van der Waals surface area contributed by atoms with Gasteiger partial charge < -0.3 is 10.6 Å². The molecule has 2 N–H and O–H groups in total. The van der Waals surface area contributed by atoms with Crippen LogP contribution in [0.15, 0.2) is 54.1 Å². The predicted octanol–water partition coefficient (Wildman–Crippen LogP) is 2.88. The van der Waals surface area contributed by atoms with Gasteiger partial charge in [0.1, 0.15) is 0 Å². The van der Waals surface area contributed by atoms with Crippen molar-refractivity contribution in [3.63, 3.8) is 0 Å². The topological polar surface area (TPSA) is 41.1 Å². The monoisotopic (exact) mass is 280 g/mol. The smallest absolute Gasteiger partial charge is 0.251 e. The van der Waals surface area contributed by atoms with Gasteiger partial charge in [0, 0.05) is 18.7 Å². The Bertz CT molecular complexity index is 676. The van der Waals surface area contributed by atoms with Gasteiger partial charge >= 0.3 is 0 Å². The number of fused-ring (bicyclic) bond motifs is 1. The second-order valence-corrected chi connectivity index (χ2v) is 5.38. The van der Waals surface area contributed by atoms with E-state index in [2.05, 4.69) is 22.8 Å². The number of nitrogens with one attached hydrogen (secondary N) is 2. The van der Waals surface area contributed by atoms with E-state index in [0.717, 1.165) is 42.3 Å². The van der Waals surface area contributed by atoms with Crippen LogP contribution in [0.2, 0.25) is 0 Å². The van der Waals surface area contributed by atoms with Crippen molar-refractivity contribution >= 4 is 16.7 Å². The molecule has 1 aliphatic heterocycles. The molecule has 3 nitrogen and oxygen atoms in total. The van der Waals surface area contributed by atoms with Crippen LogP contribution in [0, 0.1) is 0 Å². The number of hydrogen-bond donors (Lipinski definition) is 2. The highest BCUT2D eigenvalue weighted by Crippen LogP contribution is 2.15. The van der Waals surface area contributed by atoms with E-state index in [1.165, 1.54) is 5.57 Å². The standard InChI is InChI=1S/C18H20N2O/c21-18(20-12-9-14-7-10-19-11-8-14)17-6-5-15-3-1-2-4-16(15)13-17/h1-7,13,19H,8-12H2,(H,20,21). The molecule has 3 rings (SSSR count). The molecule has 3 heteroatoms. The lowest BCUT2D eigenvalue weighted by Crippen LogP contribution is -2.26. The quantitative estimate of drug-likeness (QED) is 0.846. The fraction of sp³-hybridized carbons (Fsp3) is 0.278. The molecule has 0 unspecified atom stereocenters. The van der Waals surface area contributed by atoms with Crippen LogP contribution in [0.1, 0.15) is 23.2 Å². The Labute approximate surface area is 125 Å². The van der Waals surface area contributed by atoms with Gasteiger partial charge in [0.2, 0.25) is 0 Å². The van der Waals surface area contributed by atoms with Crippen molar-refractivity contribution in [1.29, 1.82) is 0 Å². The summed E-state index contributed by atoms with van der Waals surface area (Å²) in [5.74, 6) is 0.00953. The molecule has 1 heterocycles. The molecular weight excluding hydrogens is 260 g/mol. The van der Waals surface area contributed by atoms with Crippen molar-refractivity contribution in [2.75, 3.05) is 19.6 Å². The summed E-state index contributed by atoms with van der Waals surface area (Å²) in [6.45, 7) is 2.70. The van der Waals surface area contributed by atoms with Gasteiger partial charge in [-0.25, -0.2) is 0 Å². The summed E-state index contributed by atoms with van der Waals surface area (Å²) >= 11 is 0. The first-order chi connectivity index (χ1) is 10.3. The van der Waals surface area contributed by atoms with Crippen molar-refractivity contribution in [2.45, 2.75) is 12.8 Å².